The van der Waals surface area contributed by atoms with Crippen molar-refractivity contribution in [2.24, 2.45) is 11.7 Å². The van der Waals surface area contributed by atoms with Gasteiger partial charge in [0.2, 0.25) is 3.68 Å². The van der Waals surface area contributed by atoms with Crippen LogP contribution >= 0.6 is 22.6 Å². The summed E-state index contributed by atoms with van der Waals surface area (Å²) in [5, 5.41) is 13.2. The first kappa shape index (κ1) is 22.1. The predicted molar refractivity (Wildman–Crippen MR) is 114 cm³/mol. The Labute approximate surface area is 181 Å². The second kappa shape index (κ2) is 7.92. The quantitative estimate of drug-likeness (QED) is 0.411. The average molecular weight is 521 g/mol. The topological polar surface area (TPSA) is 78.6 Å². The van der Waals surface area contributed by atoms with Crippen molar-refractivity contribution in [2.75, 3.05) is 18.4 Å². The molecule has 1 fully saturated rings. The van der Waals surface area contributed by atoms with Crippen LogP contribution in [0.4, 0.5) is 18.9 Å². The van der Waals surface area contributed by atoms with Gasteiger partial charge in [0.05, 0.1) is 30.4 Å². The summed E-state index contributed by atoms with van der Waals surface area (Å²) in [6, 6.07) is 0.472. The minimum atomic E-state index is -1.88. The van der Waals surface area contributed by atoms with Crippen molar-refractivity contribution in [2.45, 2.75) is 35.2 Å². The lowest BCUT2D eigenvalue weighted by Gasteiger charge is -2.50. The minimum absolute atomic E-state index is 0.00483. The van der Waals surface area contributed by atoms with Gasteiger partial charge in [-0.1, -0.05) is 32.1 Å². The van der Waals surface area contributed by atoms with E-state index in [4.69, 9.17) is 5.73 Å². The molecule has 1 aliphatic carbocycles. The number of carbonyl (C=O) groups is 1. The molecule has 5 nitrogen and oxygen atoms in total. The number of nitrogens with zero attached hydrogens (tertiary/aromatic N) is 1. The number of carbonyl (C=O) groups excluding carboxylic acids is 1. The van der Waals surface area contributed by atoms with Crippen LogP contribution in [-0.4, -0.2) is 50.4 Å². The Morgan fingerprint density at radius 3 is 2.59 bits per heavy atom. The van der Waals surface area contributed by atoms with Crippen molar-refractivity contribution < 1.29 is 23.1 Å². The second-order valence-corrected chi connectivity index (χ2v) is 9.51. The molecule has 1 aliphatic heterocycles. The number of hydrogen-bond donors (Lipinski definition) is 3. The lowest BCUT2D eigenvalue weighted by atomic mass is 9.80. The molecule has 0 radical (unpaired) electrons. The highest BCUT2D eigenvalue weighted by Crippen LogP contribution is 2.36. The fourth-order valence-corrected chi connectivity index (χ4v) is 4.09. The largest absolute Gasteiger partial charge is 0.385 e. The first-order valence-corrected chi connectivity index (χ1v) is 10.3. The van der Waals surface area contributed by atoms with Gasteiger partial charge >= 0.3 is 0 Å². The zero-order valence-electron chi connectivity index (χ0n) is 16.0. The Morgan fingerprint density at radius 1 is 1.34 bits per heavy atom. The first-order chi connectivity index (χ1) is 13.5. The van der Waals surface area contributed by atoms with E-state index < -0.39 is 44.6 Å². The molecule has 2 aliphatic rings. The van der Waals surface area contributed by atoms with Gasteiger partial charge in [0.1, 0.15) is 5.60 Å². The number of benzene rings is 1. The Balaban J connectivity index is 1.85. The molecule has 29 heavy (non-hydrogen) atoms. The van der Waals surface area contributed by atoms with Crippen LogP contribution in [0.3, 0.4) is 0 Å². The summed E-state index contributed by atoms with van der Waals surface area (Å²) >= 11 is 1.55. The Morgan fingerprint density at radius 2 is 2.00 bits per heavy atom. The number of nitrogens with two attached hydrogens (primary N) is 1. The monoisotopic (exact) mass is 521 g/mol. The molecule has 158 valence electrons. The van der Waals surface area contributed by atoms with Crippen LogP contribution in [-0.2, 0) is 0 Å². The molecule has 0 saturated carbocycles. The van der Waals surface area contributed by atoms with Crippen LogP contribution < -0.4 is 11.1 Å². The average Bonchev–Trinajstić information content (AvgIpc) is 2.63. The molecule has 4 N–H and O–H groups in total. The van der Waals surface area contributed by atoms with E-state index in [9.17, 15) is 23.1 Å². The van der Waals surface area contributed by atoms with Crippen molar-refractivity contribution in [1.29, 1.82) is 0 Å². The summed E-state index contributed by atoms with van der Waals surface area (Å²) in [4.78, 5) is 14.2. The highest BCUT2D eigenvalue weighted by atomic mass is 127. The highest BCUT2D eigenvalue weighted by molar-refractivity contribution is 14.1. The van der Waals surface area contributed by atoms with E-state index in [2.05, 4.69) is 5.32 Å². The van der Waals surface area contributed by atoms with E-state index >= 15 is 0 Å². The summed E-state index contributed by atoms with van der Waals surface area (Å²) in [5.41, 5.74) is 4.23. The minimum Gasteiger partial charge on any atom is -0.385 e. The van der Waals surface area contributed by atoms with Crippen molar-refractivity contribution in [3.63, 3.8) is 0 Å². The van der Waals surface area contributed by atoms with Crippen molar-refractivity contribution in [3.05, 3.63) is 53.6 Å². The molecule has 9 heteroatoms. The molecule has 0 bridgehead atoms. The van der Waals surface area contributed by atoms with Gasteiger partial charge in [-0.3, -0.25) is 4.79 Å². The highest BCUT2D eigenvalue weighted by Gasteiger charge is 2.49. The lowest BCUT2D eigenvalue weighted by molar-refractivity contribution is -0.105. The number of halogens is 4. The Kier molecular flexibility index (Phi) is 6.03. The first-order valence-electron chi connectivity index (χ1n) is 9.22. The van der Waals surface area contributed by atoms with Gasteiger partial charge in [0.15, 0.2) is 11.6 Å². The van der Waals surface area contributed by atoms with Crippen LogP contribution in [0, 0.1) is 17.6 Å². The molecule has 1 amide bonds. The Bertz CT molecular complexity index is 867. The molecule has 1 saturated heterocycles. The van der Waals surface area contributed by atoms with E-state index in [1.165, 1.54) is 23.1 Å². The van der Waals surface area contributed by atoms with Crippen molar-refractivity contribution >= 4 is 34.2 Å². The standard InChI is InChI=1S/C20H23F3IN3O2/c1-11(2)17(25)19(29)9-27(10-19)18(28)12-6-7-13(21)15(22)16(12)26-14-5-3-4-8-20(14,23)24/h3-8,11,14,17,26,29H,9-10,25H2,1-2H3. The third-order valence-electron chi connectivity index (χ3n) is 5.33. The summed E-state index contributed by atoms with van der Waals surface area (Å²) < 4.78 is 41.2. The zero-order valence-corrected chi connectivity index (χ0v) is 18.2. The SMILES string of the molecule is CC(C)C(N)C1(O)CN(C(=O)c2ccc(F)c(F)c2NC2C=CC=CC2(F)I)C1. The van der Waals surface area contributed by atoms with E-state index in [-0.39, 0.29) is 24.6 Å². The molecule has 1 aromatic rings. The third-order valence-corrected chi connectivity index (χ3v) is 6.36. The van der Waals surface area contributed by atoms with Gasteiger partial charge in [-0.2, -0.15) is 0 Å². The van der Waals surface area contributed by atoms with Gasteiger partial charge in [0, 0.05) is 6.04 Å². The normalized spacial score (nSPS) is 26.4. The van der Waals surface area contributed by atoms with Crippen molar-refractivity contribution in [3.8, 4) is 0 Å². The third kappa shape index (κ3) is 4.17. The fourth-order valence-electron chi connectivity index (χ4n) is 3.52. The molecular weight excluding hydrogens is 498 g/mol. The summed E-state index contributed by atoms with van der Waals surface area (Å²) in [7, 11) is 0. The van der Waals surface area contributed by atoms with Gasteiger partial charge in [0.25, 0.3) is 5.91 Å². The molecular formula is C20H23F3IN3O2. The van der Waals surface area contributed by atoms with E-state index in [1.54, 1.807) is 28.7 Å². The van der Waals surface area contributed by atoms with Crippen LogP contribution in [0.25, 0.3) is 0 Å². The maximum absolute atomic E-state index is 14.7. The number of alkyl halides is 2. The summed E-state index contributed by atoms with van der Waals surface area (Å²) in [5.74, 6) is -3.01. The van der Waals surface area contributed by atoms with Gasteiger partial charge < -0.3 is 21.1 Å². The molecule has 3 atom stereocenters. The molecule has 3 rings (SSSR count). The lowest BCUT2D eigenvalue weighted by Crippen LogP contribution is -2.71. The van der Waals surface area contributed by atoms with Crippen LogP contribution in [0.5, 0.6) is 0 Å². The van der Waals surface area contributed by atoms with Crippen LogP contribution in [0.15, 0.2) is 36.4 Å². The smallest absolute Gasteiger partial charge is 0.256 e. The number of amides is 1. The van der Waals surface area contributed by atoms with Crippen LogP contribution in [0.2, 0.25) is 0 Å². The summed E-state index contributed by atoms with van der Waals surface area (Å²) in [6.07, 6.45) is 5.84. The molecule has 0 aromatic heterocycles. The molecule has 0 spiro atoms. The Hall–Kier alpha value is -1.59. The number of β-amino-alcohol motifs (C(OH)–C–C–N with tert-alkyl or cyclic N) is 1. The second-order valence-electron chi connectivity index (χ2n) is 7.86. The predicted octanol–water partition coefficient (Wildman–Crippen LogP) is 3.14. The maximum atomic E-state index is 14.7. The van der Waals surface area contributed by atoms with Gasteiger partial charge in [-0.15, -0.1) is 0 Å². The zero-order chi connectivity index (χ0) is 21.6. The number of nitrogens with one attached hydrogen (secondary N) is 1. The molecule has 1 aromatic carbocycles. The number of allylic oxidation sites excluding steroid dienone is 2. The number of aliphatic hydroxyl groups is 1. The number of hydrogen-bond acceptors (Lipinski definition) is 4. The van der Waals surface area contributed by atoms with Gasteiger partial charge in [-0.25, -0.2) is 13.2 Å². The van der Waals surface area contributed by atoms with Crippen LogP contribution in [0.1, 0.15) is 24.2 Å². The molecule has 3 unspecified atom stereocenters. The van der Waals surface area contributed by atoms with E-state index in [0.717, 1.165) is 12.1 Å². The fraction of sp³-hybridized carbons (Fsp3) is 0.450. The summed E-state index contributed by atoms with van der Waals surface area (Å²) in [6.45, 7) is 3.69. The van der Waals surface area contributed by atoms with Gasteiger partial charge in [-0.05, 0) is 46.7 Å². The van der Waals surface area contributed by atoms with E-state index in [0.29, 0.717) is 0 Å². The maximum Gasteiger partial charge on any atom is 0.256 e. The number of rotatable bonds is 5. The number of likely N-dealkylation sites (tertiary alicyclic amines) is 1. The van der Waals surface area contributed by atoms with Crippen molar-refractivity contribution in [1.82, 2.24) is 4.90 Å². The molecule has 1 heterocycles. The van der Waals surface area contributed by atoms with E-state index in [1.807, 2.05) is 13.8 Å². The number of anilines is 1.